The molecule has 18 heavy (non-hydrogen) atoms. The summed E-state index contributed by atoms with van der Waals surface area (Å²) >= 11 is 9.27. The van der Waals surface area contributed by atoms with Crippen molar-refractivity contribution >= 4 is 33.4 Å². The van der Waals surface area contributed by atoms with Gasteiger partial charge < -0.3 is 4.90 Å². The average molecular weight is 333 g/mol. The summed E-state index contributed by atoms with van der Waals surface area (Å²) in [6.07, 6.45) is 0. The molecule has 1 rings (SSSR count). The number of nitrogens with zero attached hydrogens (tertiary/aromatic N) is 1. The number of carbonyl (C=O) groups excluding carboxylic acids is 1. The minimum Gasteiger partial charge on any atom is -0.338 e. The maximum atomic E-state index is 12.4. The van der Waals surface area contributed by atoms with Crippen molar-refractivity contribution in [3.63, 3.8) is 0 Å². The van der Waals surface area contributed by atoms with Crippen molar-refractivity contribution in [1.29, 1.82) is 0 Å². The summed E-state index contributed by atoms with van der Waals surface area (Å²) in [5.74, 6) is 0.000895. The fraction of sp³-hybridized carbons (Fsp3) is 0.500. The molecular formula is C14H19BrClNO. The standard InChI is InChI=1S/C14H19BrClNO/c1-9(14(2,3)4)17(5)13(18)11-7-6-10(16)8-12(11)15/h6-9H,1-5H3. The van der Waals surface area contributed by atoms with Crippen LogP contribution in [-0.2, 0) is 0 Å². The molecule has 0 N–H and O–H groups in total. The lowest BCUT2D eigenvalue weighted by Gasteiger charge is -2.35. The smallest absolute Gasteiger partial charge is 0.254 e. The van der Waals surface area contributed by atoms with Gasteiger partial charge in [-0.2, -0.15) is 0 Å². The molecule has 100 valence electrons. The first-order chi connectivity index (χ1) is 8.14. The van der Waals surface area contributed by atoms with E-state index < -0.39 is 0 Å². The predicted molar refractivity (Wildman–Crippen MR) is 80.2 cm³/mol. The quantitative estimate of drug-likeness (QED) is 0.774. The fourth-order valence-corrected chi connectivity index (χ4v) is 2.46. The number of hydrogen-bond acceptors (Lipinski definition) is 1. The molecule has 0 spiro atoms. The van der Waals surface area contributed by atoms with E-state index in [4.69, 9.17) is 11.6 Å². The number of hydrogen-bond donors (Lipinski definition) is 0. The lowest BCUT2D eigenvalue weighted by molar-refractivity contribution is 0.0628. The second-order valence-electron chi connectivity index (χ2n) is 5.58. The van der Waals surface area contributed by atoms with Gasteiger partial charge in [-0.3, -0.25) is 4.79 Å². The molecule has 0 aliphatic carbocycles. The van der Waals surface area contributed by atoms with Crippen LogP contribution in [0.3, 0.4) is 0 Å². The first-order valence-electron chi connectivity index (χ1n) is 5.87. The Morgan fingerprint density at radius 2 is 1.94 bits per heavy atom. The first kappa shape index (κ1) is 15.5. The van der Waals surface area contributed by atoms with Crippen LogP contribution in [0.5, 0.6) is 0 Å². The number of halogens is 2. The molecule has 0 aromatic heterocycles. The highest BCUT2D eigenvalue weighted by Crippen LogP contribution is 2.27. The van der Waals surface area contributed by atoms with Crippen molar-refractivity contribution in [3.8, 4) is 0 Å². The zero-order chi connectivity index (χ0) is 14.1. The molecule has 1 amide bonds. The molecule has 0 saturated carbocycles. The monoisotopic (exact) mass is 331 g/mol. The summed E-state index contributed by atoms with van der Waals surface area (Å²) in [5, 5.41) is 0.616. The second-order valence-corrected chi connectivity index (χ2v) is 6.87. The molecule has 0 aliphatic heterocycles. The maximum Gasteiger partial charge on any atom is 0.254 e. The van der Waals surface area contributed by atoms with Crippen LogP contribution in [0.15, 0.2) is 22.7 Å². The molecule has 0 saturated heterocycles. The van der Waals surface area contributed by atoms with Gasteiger partial charge in [0.15, 0.2) is 0 Å². The van der Waals surface area contributed by atoms with Gasteiger partial charge in [-0.25, -0.2) is 0 Å². The van der Waals surface area contributed by atoms with Gasteiger partial charge in [0.2, 0.25) is 0 Å². The zero-order valence-electron chi connectivity index (χ0n) is 11.4. The Morgan fingerprint density at radius 3 is 2.39 bits per heavy atom. The minimum atomic E-state index is 0.000895. The van der Waals surface area contributed by atoms with E-state index in [0.29, 0.717) is 10.6 Å². The van der Waals surface area contributed by atoms with Crippen molar-refractivity contribution in [3.05, 3.63) is 33.3 Å². The summed E-state index contributed by atoms with van der Waals surface area (Å²) in [7, 11) is 1.83. The van der Waals surface area contributed by atoms with Gasteiger partial charge in [-0.15, -0.1) is 0 Å². The first-order valence-corrected chi connectivity index (χ1v) is 7.04. The summed E-state index contributed by atoms with van der Waals surface area (Å²) < 4.78 is 0.730. The molecule has 1 aromatic carbocycles. The van der Waals surface area contributed by atoms with Crippen molar-refractivity contribution < 1.29 is 4.79 Å². The Bertz CT molecular complexity index is 454. The Hall–Kier alpha value is -0.540. The third-order valence-corrected chi connectivity index (χ3v) is 4.21. The molecule has 4 heteroatoms. The van der Waals surface area contributed by atoms with Crippen molar-refractivity contribution in [2.24, 2.45) is 5.41 Å². The molecular weight excluding hydrogens is 314 g/mol. The van der Waals surface area contributed by atoms with E-state index in [1.807, 2.05) is 7.05 Å². The van der Waals surface area contributed by atoms with E-state index in [0.717, 1.165) is 4.47 Å². The summed E-state index contributed by atoms with van der Waals surface area (Å²) in [5.41, 5.74) is 0.682. The number of rotatable bonds is 2. The van der Waals surface area contributed by atoms with Crippen molar-refractivity contribution in [2.45, 2.75) is 33.7 Å². The Kier molecular flexibility index (Phi) is 4.84. The topological polar surface area (TPSA) is 20.3 Å². The number of carbonyl (C=O) groups is 1. The highest BCUT2D eigenvalue weighted by molar-refractivity contribution is 9.10. The molecule has 0 aliphatic rings. The Balaban J connectivity index is 3.00. The van der Waals surface area contributed by atoms with E-state index in [1.54, 1.807) is 23.1 Å². The van der Waals surface area contributed by atoms with Gasteiger partial charge >= 0.3 is 0 Å². The summed E-state index contributed by atoms with van der Waals surface area (Å²) in [4.78, 5) is 14.2. The van der Waals surface area contributed by atoms with Crippen LogP contribution in [0.2, 0.25) is 5.02 Å². The average Bonchev–Trinajstić information content (AvgIpc) is 2.25. The summed E-state index contributed by atoms with van der Waals surface area (Å²) in [6, 6.07) is 5.37. The van der Waals surface area contributed by atoms with Crippen LogP contribution in [-0.4, -0.2) is 23.9 Å². The van der Waals surface area contributed by atoms with Gasteiger partial charge in [0.1, 0.15) is 0 Å². The lowest BCUT2D eigenvalue weighted by atomic mass is 9.87. The van der Waals surface area contributed by atoms with Crippen LogP contribution in [0.1, 0.15) is 38.1 Å². The highest BCUT2D eigenvalue weighted by Gasteiger charge is 2.28. The van der Waals surface area contributed by atoms with E-state index in [2.05, 4.69) is 43.6 Å². The summed E-state index contributed by atoms with van der Waals surface area (Å²) in [6.45, 7) is 8.43. The van der Waals surface area contributed by atoms with Crippen molar-refractivity contribution in [2.75, 3.05) is 7.05 Å². The maximum absolute atomic E-state index is 12.4. The Morgan fingerprint density at radius 1 is 1.39 bits per heavy atom. The van der Waals surface area contributed by atoms with Gasteiger partial charge in [0, 0.05) is 22.6 Å². The number of benzene rings is 1. The zero-order valence-corrected chi connectivity index (χ0v) is 13.8. The molecule has 0 bridgehead atoms. The van der Waals surface area contributed by atoms with Crippen LogP contribution in [0.25, 0.3) is 0 Å². The molecule has 2 nitrogen and oxygen atoms in total. The van der Waals surface area contributed by atoms with E-state index >= 15 is 0 Å². The molecule has 1 atom stereocenters. The van der Waals surface area contributed by atoms with Gasteiger partial charge in [-0.1, -0.05) is 32.4 Å². The second kappa shape index (κ2) is 5.62. The van der Waals surface area contributed by atoms with Crippen LogP contribution >= 0.6 is 27.5 Å². The molecule has 0 fully saturated rings. The number of amides is 1. The van der Waals surface area contributed by atoms with Gasteiger partial charge in [0.25, 0.3) is 5.91 Å². The van der Waals surface area contributed by atoms with Gasteiger partial charge in [-0.05, 0) is 46.5 Å². The van der Waals surface area contributed by atoms with Crippen molar-refractivity contribution in [1.82, 2.24) is 4.90 Å². The van der Waals surface area contributed by atoms with E-state index in [-0.39, 0.29) is 17.4 Å². The Labute approximate surface area is 122 Å². The third-order valence-electron chi connectivity index (χ3n) is 3.32. The molecule has 0 radical (unpaired) electrons. The minimum absolute atomic E-state index is 0.000895. The normalized spacial score (nSPS) is 13.3. The van der Waals surface area contributed by atoms with Crippen LogP contribution < -0.4 is 0 Å². The van der Waals surface area contributed by atoms with E-state index in [1.165, 1.54) is 0 Å². The predicted octanol–water partition coefficient (Wildman–Crippen LogP) is 4.61. The van der Waals surface area contributed by atoms with Gasteiger partial charge in [0.05, 0.1) is 5.56 Å². The third kappa shape index (κ3) is 3.48. The largest absolute Gasteiger partial charge is 0.338 e. The lowest BCUT2D eigenvalue weighted by Crippen LogP contribution is -2.43. The van der Waals surface area contributed by atoms with E-state index in [9.17, 15) is 4.79 Å². The van der Waals surface area contributed by atoms with Crippen LogP contribution in [0.4, 0.5) is 0 Å². The molecule has 0 heterocycles. The highest BCUT2D eigenvalue weighted by atomic mass is 79.9. The molecule has 1 aromatic rings. The fourth-order valence-electron chi connectivity index (χ4n) is 1.61. The SMILES string of the molecule is CC(N(C)C(=O)c1ccc(Cl)cc1Br)C(C)(C)C. The van der Waals surface area contributed by atoms with Crippen LogP contribution in [0, 0.1) is 5.41 Å². The molecule has 1 unspecified atom stereocenters.